The smallest absolute Gasteiger partial charge is 0.475 e. The number of rotatable bonds is 1. The number of alkyl halides is 9. The number of aromatic amines is 1. The number of carbonyl (C=O) groups is 3. The molecule has 5 N–H and O–H groups in total. The van der Waals surface area contributed by atoms with Crippen LogP contribution in [0.15, 0.2) is 55.2 Å². The van der Waals surface area contributed by atoms with E-state index < -0.39 is 36.4 Å². The van der Waals surface area contributed by atoms with Gasteiger partial charge in [0, 0.05) is 41.5 Å². The number of nitriles is 1. The molecule has 47 heavy (non-hydrogen) atoms. The maximum absolute atomic E-state index is 10.6. The number of carboxylic acids is 3. The summed E-state index contributed by atoms with van der Waals surface area (Å²) < 4.78 is 95.2. The lowest BCUT2D eigenvalue weighted by Gasteiger charge is -2.07. The second kappa shape index (κ2) is 14.7. The summed E-state index contributed by atoms with van der Waals surface area (Å²) in [6.07, 6.45) is -6.83. The van der Waals surface area contributed by atoms with Gasteiger partial charge in [0.1, 0.15) is 23.4 Å². The largest absolute Gasteiger partial charge is 0.490 e. The van der Waals surface area contributed by atoms with Crippen molar-refractivity contribution in [3.8, 4) is 40.0 Å². The molecule has 0 spiro atoms. The Morgan fingerprint density at radius 3 is 1.70 bits per heavy atom. The highest BCUT2D eigenvalue weighted by Gasteiger charge is 2.39. The molecule has 1 aliphatic rings. The molecule has 0 radical (unpaired) electrons. The van der Waals surface area contributed by atoms with Crippen molar-refractivity contribution in [3.63, 3.8) is 0 Å². The van der Waals surface area contributed by atoms with Crippen LogP contribution >= 0.6 is 0 Å². The van der Waals surface area contributed by atoms with Crippen LogP contribution in [0.2, 0.25) is 0 Å². The van der Waals surface area contributed by atoms with E-state index >= 15 is 0 Å². The van der Waals surface area contributed by atoms with Gasteiger partial charge in [-0.2, -0.15) is 44.8 Å². The molecule has 0 bridgehead atoms. The molecule has 0 amide bonds. The molecule has 1 aliphatic heterocycles. The van der Waals surface area contributed by atoms with Gasteiger partial charge in [0.2, 0.25) is 0 Å². The van der Waals surface area contributed by atoms with E-state index in [0.29, 0.717) is 22.8 Å². The van der Waals surface area contributed by atoms with Gasteiger partial charge in [-0.1, -0.05) is 0 Å². The Balaban J connectivity index is 0.000000301. The maximum Gasteiger partial charge on any atom is 0.490 e. The molecule has 0 aliphatic carbocycles. The monoisotopic (exact) mass is 679 g/mol. The van der Waals surface area contributed by atoms with Crippen LogP contribution in [0.4, 0.5) is 51.0 Å². The number of anilines is 2. The fourth-order valence-electron chi connectivity index (χ4n) is 3.12. The standard InChI is InChI=1S/C19H11N7.3C2HF3O2/c20-8-11-9-21-6-3-12(11)19-25-16-13-4-7-22-10-15(13)24-18-14(17(16)26-19)2-1-5-23-18;3*3-2(4,5)1(6)7/h1-7,9-10H,(H,23,24)(H,25,26);3*(H,6,7). The van der Waals surface area contributed by atoms with E-state index in [9.17, 15) is 44.8 Å². The second-order valence-electron chi connectivity index (χ2n) is 8.20. The third kappa shape index (κ3) is 10.1. The molecule has 248 valence electrons. The summed E-state index contributed by atoms with van der Waals surface area (Å²) in [5, 5.41) is 34.1. The molecule has 13 nitrogen and oxygen atoms in total. The predicted octanol–water partition coefficient (Wildman–Crippen LogP) is 5.42. The van der Waals surface area contributed by atoms with E-state index in [1.807, 2.05) is 18.2 Å². The summed E-state index contributed by atoms with van der Waals surface area (Å²) in [5.74, 6) is -6.94. The minimum atomic E-state index is -5.08. The highest BCUT2D eigenvalue weighted by molar-refractivity contribution is 5.95. The summed E-state index contributed by atoms with van der Waals surface area (Å²) in [7, 11) is 0. The van der Waals surface area contributed by atoms with Crippen LogP contribution in [-0.2, 0) is 14.4 Å². The quantitative estimate of drug-likeness (QED) is 0.140. The average Bonchev–Trinajstić information content (AvgIpc) is 3.37. The molecule has 0 aromatic carbocycles. The first-order valence-corrected chi connectivity index (χ1v) is 11.7. The summed E-state index contributed by atoms with van der Waals surface area (Å²) in [6, 6.07) is 9.72. The van der Waals surface area contributed by atoms with Crippen LogP contribution in [0, 0.1) is 11.3 Å². The zero-order valence-corrected chi connectivity index (χ0v) is 22.4. The molecule has 0 saturated carbocycles. The van der Waals surface area contributed by atoms with Gasteiger partial charge in [-0.3, -0.25) is 9.97 Å². The summed E-state index contributed by atoms with van der Waals surface area (Å²) in [6.45, 7) is 0. The first kappa shape index (κ1) is 36.9. The van der Waals surface area contributed by atoms with Crippen molar-refractivity contribution in [3.05, 3.63) is 60.8 Å². The van der Waals surface area contributed by atoms with Crippen molar-refractivity contribution in [2.24, 2.45) is 0 Å². The van der Waals surface area contributed by atoms with Gasteiger partial charge in [0.05, 0.1) is 23.1 Å². The molecule has 5 rings (SSSR count). The molecule has 4 aromatic rings. The van der Waals surface area contributed by atoms with Gasteiger partial charge < -0.3 is 25.6 Å². The number of hydrogen-bond donors (Lipinski definition) is 5. The normalized spacial score (nSPS) is 11.3. The SMILES string of the molecule is N#Cc1cnccc1-c1nc2c([nH]1)-c1ccncc1Nc1ncccc1-2.O=C(O)C(F)(F)F.O=C(O)C(F)(F)F.O=C(O)C(F)(F)F. The number of carboxylic acid groups (broad SMARTS) is 3. The van der Waals surface area contributed by atoms with Crippen LogP contribution in [-0.4, -0.2) is 76.7 Å². The van der Waals surface area contributed by atoms with Crippen molar-refractivity contribution in [2.45, 2.75) is 18.5 Å². The molecule has 0 unspecified atom stereocenters. The van der Waals surface area contributed by atoms with E-state index in [0.717, 1.165) is 28.2 Å². The number of nitrogens with zero attached hydrogens (tertiary/aromatic N) is 5. The van der Waals surface area contributed by atoms with E-state index in [1.165, 1.54) is 6.20 Å². The number of fused-ring (bicyclic) bond motifs is 5. The zero-order chi connectivity index (χ0) is 35.7. The number of aromatic nitrogens is 5. The van der Waals surface area contributed by atoms with E-state index in [2.05, 4.69) is 31.3 Å². The first-order chi connectivity index (χ1) is 21.7. The van der Waals surface area contributed by atoms with E-state index in [4.69, 9.17) is 34.7 Å². The number of hydrogen-bond acceptors (Lipinski definition) is 9. The molecule has 22 heteroatoms. The molecular weight excluding hydrogens is 665 g/mol. The first-order valence-electron chi connectivity index (χ1n) is 11.7. The fraction of sp³-hybridized carbons (Fsp3) is 0.120. The van der Waals surface area contributed by atoms with Gasteiger partial charge in [-0.25, -0.2) is 24.4 Å². The minimum Gasteiger partial charge on any atom is -0.475 e. The Kier molecular flexibility index (Phi) is 11.5. The number of aliphatic carboxylic acids is 3. The molecular formula is C25H14F9N7O6. The Bertz CT molecular complexity index is 1680. The molecule has 0 saturated heterocycles. The summed E-state index contributed by atoms with van der Waals surface area (Å²) in [5.41, 5.74) is 5.49. The third-order valence-electron chi connectivity index (χ3n) is 5.03. The van der Waals surface area contributed by atoms with Gasteiger partial charge in [0.25, 0.3) is 0 Å². The molecule has 4 aromatic heterocycles. The lowest BCUT2D eigenvalue weighted by atomic mass is 10.1. The predicted molar refractivity (Wildman–Crippen MR) is 137 cm³/mol. The molecule has 5 heterocycles. The molecule has 0 fully saturated rings. The van der Waals surface area contributed by atoms with Crippen LogP contribution < -0.4 is 5.32 Å². The summed E-state index contributed by atoms with van der Waals surface area (Å²) >= 11 is 0. The van der Waals surface area contributed by atoms with Crippen molar-refractivity contribution in [1.82, 2.24) is 24.9 Å². The Morgan fingerprint density at radius 2 is 1.21 bits per heavy atom. The highest BCUT2D eigenvalue weighted by Crippen LogP contribution is 2.42. The van der Waals surface area contributed by atoms with Crippen molar-refractivity contribution < 1.29 is 69.2 Å². The van der Waals surface area contributed by atoms with Gasteiger partial charge >= 0.3 is 36.4 Å². The van der Waals surface area contributed by atoms with E-state index in [1.54, 1.807) is 30.9 Å². The Hall–Kier alpha value is -6.27. The van der Waals surface area contributed by atoms with Crippen LogP contribution in [0.25, 0.3) is 33.9 Å². The topological polar surface area (TPSA) is 215 Å². The second-order valence-corrected chi connectivity index (χ2v) is 8.20. The maximum atomic E-state index is 10.6. The van der Waals surface area contributed by atoms with Crippen molar-refractivity contribution >= 4 is 29.4 Å². The van der Waals surface area contributed by atoms with Crippen LogP contribution in [0.3, 0.4) is 0 Å². The number of pyridine rings is 3. The van der Waals surface area contributed by atoms with Crippen LogP contribution in [0.5, 0.6) is 0 Å². The highest BCUT2D eigenvalue weighted by atomic mass is 19.4. The number of halogens is 9. The zero-order valence-electron chi connectivity index (χ0n) is 22.4. The van der Waals surface area contributed by atoms with Gasteiger partial charge in [-0.05, 0) is 24.3 Å². The van der Waals surface area contributed by atoms with Gasteiger partial charge in [-0.15, -0.1) is 0 Å². The molecule has 0 atom stereocenters. The van der Waals surface area contributed by atoms with Gasteiger partial charge in [0.15, 0.2) is 0 Å². The Labute approximate surface area is 254 Å². The average molecular weight is 679 g/mol. The van der Waals surface area contributed by atoms with Crippen LogP contribution in [0.1, 0.15) is 5.56 Å². The number of nitrogens with one attached hydrogen (secondary N) is 2. The van der Waals surface area contributed by atoms with Crippen molar-refractivity contribution in [2.75, 3.05) is 5.32 Å². The lowest BCUT2D eigenvalue weighted by Crippen LogP contribution is -2.21. The Morgan fingerprint density at radius 1 is 0.723 bits per heavy atom. The lowest BCUT2D eigenvalue weighted by molar-refractivity contribution is -0.193. The fourth-order valence-corrected chi connectivity index (χ4v) is 3.12. The minimum absolute atomic E-state index is 0.468. The third-order valence-corrected chi connectivity index (χ3v) is 5.03. The number of H-pyrrole nitrogens is 1. The van der Waals surface area contributed by atoms with E-state index in [-0.39, 0.29) is 0 Å². The summed E-state index contributed by atoms with van der Waals surface area (Å²) in [4.78, 5) is 47.5. The van der Waals surface area contributed by atoms with Crippen molar-refractivity contribution in [1.29, 1.82) is 5.26 Å². The number of imidazole rings is 1.